The van der Waals surface area contributed by atoms with Crippen LogP contribution in [-0.2, 0) is 24.9 Å². The first-order valence-electron chi connectivity index (χ1n) is 11.7. The van der Waals surface area contributed by atoms with Gasteiger partial charge in [-0.05, 0) is 49.1 Å². The summed E-state index contributed by atoms with van der Waals surface area (Å²) in [7, 11) is 0. The van der Waals surface area contributed by atoms with Gasteiger partial charge in [-0.2, -0.15) is 23.4 Å². The van der Waals surface area contributed by atoms with E-state index in [0.717, 1.165) is 29.8 Å². The van der Waals surface area contributed by atoms with E-state index in [1.54, 1.807) is 0 Å². The monoisotopic (exact) mass is 507 g/mol. The number of nitrogens with one attached hydrogen (secondary N) is 2. The number of anilines is 2. The molecular formula is C24H20F3N9O. The van der Waals surface area contributed by atoms with Crippen molar-refractivity contribution >= 4 is 22.7 Å². The Hall–Kier alpha value is -4.31. The highest BCUT2D eigenvalue weighted by molar-refractivity contribution is 5.77. The maximum absolute atomic E-state index is 13.5. The predicted octanol–water partition coefficient (Wildman–Crippen LogP) is 2.88. The number of benzene rings is 1. The van der Waals surface area contributed by atoms with E-state index in [1.807, 2.05) is 18.2 Å². The highest BCUT2D eigenvalue weighted by atomic mass is 19.4. The molecule has 0 spiro atoms. The van der Waals surface area contributed by atoms with Gasteiger partial charge in [-0.3, -0.25) is 4.79 Å². The van der Waals surface area contributed by atoms with Gasteiger partial charge >= 0.3 is 6.18 Å². The van der Waals surface area contributed by atoms with Crippen molar-refractivity contribution in [2.45, 2.75) is 43.9 Å². The summed E-state index contributed by atoms with van der Waals surface area (Å²) in [6.45, 7) is 0.0859. The molecule has 1 fully saturated rings. The molecule has 10 nitrogen and oxygen atoms in total. The molecular weight excluding hydrogens is 487 g/mol. The molecule has 1 aromatic carbocycles. The van der Waals surface area contributed by atoms with Crippen molar-refractivity contribution in [1.29, 1.82) is 5.26 Å². The molecule has 0 atom stereocenters. The second-order valence-electron chi connectivity index (χ2n) is 9.19. The third-order valence-corrected chi connectivity index (χ3v) is 6.60. The van der Waals surface area contributed by atoms with Gasteiger partial charge in [-0.1, -0.05) is 6.07 Å². The zero-order valence-corrected chi connectivity index (χ0v) is 19.4. The van der Waals surface area contributed by atoms with E-state index in [2.05, 4.69) is 36.6 Å². The first kappa shape index (κ1) is 23.1. The van der Waals surface area contributed by atoms with Crippen LogP contribution >= 0.6 is 0 Å². The maximum Gasteiger partial charge on any atom is 0.408 e. The van der Waals surface area contributed by atoms with Crippen molar-refractivity contribution in [1.82, 2.24) is 34.6 Å². The van der Waals surface area contributed by atoms with Crippen molar-refractivity contribution in [2.75, 3.05) is 11.9 Å². The zero-order valence-electron chi connectivity index (χ0n) is 19.4. The molecule has 188 valence electrons. The smallest absolute Gasteiger partial charge is 0.324 e. The van der Waals surface area contributed by atoms with Crippen molar-refractivity contribution in [3.63, 3.8) is 0 Å². The minimum atomic E-state index is -4.68. The highest BCUT2D eigenvalue weighted by Crippen LogP contribution is 2.45. The highest BCUT2D eigenvalue weighted by Gasteiger charge is 2.48. The van der Waals surface area contributed by atoms with E-state index in [0.29, 0.717) is 23.2 Å². The fourth-order valence-electron chi connectivity index (χ4n) is 4.53. The van der Waals surface area contributed by atoms with Crippen LogP contribution in [0.4, 0.5) is 24.8 Å². The van der Waals surface area contributed by atoms with Gasteiger partial charge in [0.05, 0.1) is 6.07 Å². The van der Waals surface area contributed by atoms with Gasteiger partial charge in [0.25, 0.3) is 5.56 Å². The van der Waals surface area contributed by atoms with E-state index >= 15 is 0 Å². The summed E-state index contributed by atoms with van der Waals surface area (Å²) in [5.74, 6) is 0.321. The maximum atomic E-state index is 13.5. The van der Waals surface area contributed by atoms with Crippen LogP contribution in [0.25, 0.3) is 16.9 Å². The molecule has 6 rings (SSSR count). The second kappa shape index (κ2) is 8.38. The summed E-state index contributed by atoms with van der Waals surface area (Å²) in [4.78, 5) is 30.1. The largest absolute Gasteiger partial charge is 0.408 e. The molecule has 2 aliphatic rings. The summed E-state index contributed by atoms with van der Waals surface area (Å²) in [5, 5.41) is 15.8. The van der Waals surface area contributed by atoms with E-state index < -0.39 is 23.7 Å². The standard InChI is InChI=1S/C24H20F3N9O/c25-24(26,27)13-35-20(37)17-11-31-22(32-16-2-1-14-3-7-29-10-15(14)9-16)34-19(17)36(35)18-4-8-30-21(33-18)23(12-28)5-6-23/h1-2,4,8-9,11,29H,3,5-7,10,13H2,(H,31,32,34). The summed E-state index contributed by atoms with van der Waals surface area (Å²) >= 11 is 0. The minimum absolute atomic E-state index is 0.00683. The van der Waals surface area contributed by atoms with E-state index in [-0.39, 0.29) is 28.6 Å². The molecule has 1 aliphatic heterocycles. The first-order chi connectivity index (χ1) is 17.8. The quantitative estimate of drug-likeness (QED) is 0.422. The van der Waals surface area contributed by atoms with Crippen LogP contribution in [0.15, 0.2) is 41.5 Å². The number of rotatable bonds is 5. The van der Waals surface area contributed by atoms with Crippen LogP contribution in [-0.4, -0.2) is 42.0 Å². The number of halogens is 3. The fraction of sp³-hybridized carbons (Fsp3) is 0.333. The number of nitriles is 1. The SMILES string of the molecule is N#CC1(c2nccc(-n3c4nc(Nc5ccc6c(c5)CNCC6)ncc4c(=O)n3CC(F)(F)F)n2)CC1. The Morgan fingerprint density at radius 2 is 2.00 bits per heavy atom. The van der Waals surface area contributed by atoms with Crippen LogP contribution in [0.2, 0.25) is 0 Å². The average Bonchev–Trinajstić information content (AvgIpc) is 3.64. The zero-order chi connectivity index (χ0) is 25.8. The van der Waals surface area contributed by atoms with Crippen LogP contribution in [0, 0.1) is 11.3 Å². The summed E-state index contributed by atoms with van der Waals surface area (Å²) in [5.41, 5.74) is 1.27. The average molecular weight is 507 g/mol. The number of nitrogens with zero attached hydrogens (tertiary/aromatic N) is 7. The van der Waals surface area contributed by atoms with E-state index in [4.69, 9.17) is 0 Å². The Labute approximate surface area is 207 Å². The second-order valence-corrected chi connectivity index (χ2v) is 9.19. The van der Waals surface area contributed by atoms with Gasteiger partial charge in [0, 0.05) is 30.7 Å². The minimum Gasteiger partial charge on any atom is -0.324 e. The lowest BCUT2D eigenvalue weighted by atomic mass is 10.0. The Kier molecular flexibility index (Phi) is 5.23. The Morgan fingerprint density at radius 1 is 1.16 bits per heavy atom. The Balaban J connectivity index is 1.47. The van der Waals surface area contributed by atoms with Crippen molar-refractivity contribution in [3.05, 3.63) is 64.0 Å². The molecule has 1 saturated carbocycles. The van der Waals surface area contributed by atoms with E-state index in [1.165, 1.54) is 24.0 Å². The summed E-state index contributed by atoms with van der Waals surface area (Å²) in [6.07, 6.45) is -0.0730. The van der Waals surface area contributed by atoms with Gasteiger partial charge in [-0.15, -0.1) is 0 Å². The van der Waals surface area contributed by atoms with Gasteiger partial charge < -0.3 is 10.6 Å². The molecule has 37 heavy (non-hydrogen) atoms. The number of hydrogen-bond donors (Lipinski definition) is 2. The molecule has 4 heterocycles. The fourth-order valence-corrected chi connectivity index (χ4v) is 4.53. The lowest BCUT2D eigenvalue weighted by molar-refractivity contribution is -0.144. The van der Waals surface area contributed by atoms with E-state index in [9.17, 15) is 23.2 Å². The Morgan fingerprint density at radius 3 is 2.76 bits per heavy atom. The van der Waals surface area contributed by atoms with Crippen LogP contribution < -0.4 is 16.2 Å². The van der Waals surface area contributed by atoms with Crippen LogP contribution in [0.3, 0.4) is 0 Å². The number of hydrogen-bond acceptors (Lipinski definition) is 8. The Bertz CT molecular complexity index is 1630. The van der Waals surface area contributed by atoms with Crippen molar-refractivity contribution in [3.8, 4) is 11.9 Å². The van der Waals surface area contributed by atoms with Gasteiger partial charge in [0.1, 0.15) is 17.3 Å². The van der Waals surface area contributed by atoms with Gasteiger partial charge in [-0.25, -0.2) is 24.3 Å². The van der Waals surface area contributed by atoms with Crippen LogP contribution in [0.5, 0.6) is 0 Å². The molecule has 1 aliphatic carbocycles. The normalized spacial score (nSPS) is 16.3. The topological polar surface area (TPSA) is 126 Å². The number of fused-ring (bicyclic) bond motifs is 2. The number of alkyl halides is 3. The summed E-state index contributed by atoms with van der Waals surface area (Å²) < 4.78 is 42.0. The lowest BCUT2D eigenvalue weighted by Crippen LogP contribution is -2.30. The number of aromatic nitrogens is 6. The molecule has 0 saturated heterocycles. The molecule has 0 bridgehead atoms. The first-order valence-corrected chi connectivity index (χ1v) is 11.7. The molecule has 13 heteroatoms. The molecule has 3 aromatic heterocycles. The van der Waals surface area contributed by atoms with Crippen molar-refractivity contribution < 1.29 is 13.2 Å². The third-order valence-electron chi connectivity index (χ3n) is 6.60. The van der Waals surface area contributed by atoms with Gasteiger partial charge in [0.2, 0.25) is 5.95 Å². The van der Waals surface area contributed by atoms with Crippen LogP contribution in [0.1, 0.15) is 29.8 Å². The summed E-state index contributed by atoms with van der Waals surface area (Å²) in [6, 6.07) is 9.42. The van der Waals surface area contributed by atoms with Gasteiger partial charge in [0.15, 0.2) is 17.3 Å². The molecule has 0 radical (unpaired) electrons. The molecule has 0 unspecified atom stereocenters. The predicted molar refractivity (Wildman–Crippen MR) is 126 cm³/mol. The molecule has 4 aromatic rings. The van der Waals surface area contributed by atoms with Crippen molar-refractivity contribution in [2.24, 2.45) is 0 Å². The lowest BCUT2D eigenvalue weighted by Gasteiger charge is -2.18. The molecule has 2 N–H and O–H groups in total. The third kappa shape index (κ3) is 4.19. The molecule has 0 amide bonds.